The highest BCUT2D eigenvalue weighted by Gasteiger charge is 2.19. The van der Waals surface area contributed by atoms with E-state index in [1.54, 1.807) is 12.1 Å². The number of anilines is 1. The van der Waals surface area contributed by atoms with E-state index < -0.39 is 5.97 Å². The summed E-state index contributed by atoms with van der Waals surface area (Å²) in [6.45, 7) is 3.35. The summed E-state index contributed by atoms with van der Waals surface area (Å²) >= 11 is 1.03. The first kappa shape index (κ1) is 14.0. The van der Waals surface area contributed by atoms with E-state index in [1.165, 1.54) is 12.1 Å². The molecule has 0 radical (unpaired) electrons. The predicted molar refractivity (Wildman–Crippen MR) is 79.6 cm³/mol. The number of benzene rings is 1. The lowest BCUT2D eigenvalue weighted by Crippen LogP contribution is -2.43. The molecule has 0 amide bonds. The van der Waals surface area contributed by atoms with Crippen LogP contribution in [0.4, 0.5) is 9.52 Å². The zero-order valence-corrected chi connectivity index (χ0v) is 12.0. The molecule has 1 aliphatic heterocycles. The number of halogens is 1. The Morgan fingerprint density at radius 2 is 1.95 bits per heavy atom. The van der Waals surface area contributed by atoms with Crippen molar-refractivity contribution in [2.24, 2.45) is 0 Å². The van der Waals surface area contributed by atoms with Crippen molar-refractivity contribution in [3.05, 3.63) is 35.0 Å². The Morgan fingerprint density at radius 3 is 2.57 bits per heavy atom. The Labute approximate surface area is 125 Å². The standard InChI is InChI=1S/C14H14FN3O2S/c15-12-11(9-1-3-10(4-2-9)13(19)20)17-14(21-12)18-7-5-16-6-8-18/h1-4,16H,5-8H2,(H,19,20). The minimum absolute atomic E-state index is 0.178. The van der Waals surface area contributed by atoms with Crippen LogP contribution in [0.3, 0.4) is 0 Å². The molecule has 110 valence electrons. The van der Waals surface area contributed by atoms with Crippen molar-refractivity contribution in [1.82, 2.24) is 10.3 Å². The number of aromatic carboxylic acids is 1. The third-order valence-corrected chi connectivity index (χ3v) is 4.27. The van der Waals surface area contributed by atoms with Gasteiger partial charge in [0.25, 0.3) is 0 Å². The van der Waals surface area contributed by atoms with Crippen LogP contribution in [-0.4, -0.2) is 42.2 Å². The number of carboxylic acids is 1. The van der Waals surface area contributed by atoms with E-state index in [9.17, 15) is 9.18 Å². The van der Waals surface area contributed by atoms with Gasteiger partial charge in [-0.2, -0.15) is 4.39 Å². The molecule has 1 aromatic carbocycles. The zero-order valence-electron chi connectivity index (χ0n) is 11.2. The molecule has 0 saturated carbocycles. The third-order valence-electron chi connectivity index (χ3n) is 3.37. The summed E-state index contributed by atoms with van der Waals surface area (Å²) in [7, 11) is 0. The van der Waals surface area contributed by atoms with Crippen LogP contribution in [0.2, 0.25) is 0 Å². The predicted octanol–water partition coefficient (Wildman–Crippen LogP) is 2.06. The molecule has 5 nitrogen and oxygen atoms in total. The minimum atomic E-state index is -0.998. The number of nitrogens with one attached hydrogen (secondary N) is 1. The molecule has 1 saturated heterocycles. The summed E-state index contributed by atoms with van der Waals surface area (Å²) in [4.78, 5) is 17.3. The van der Waals surface area contributed by atoms with Gasteiger partial charge in [0, 0.05) is 31.7 Å². The van der Waals surface area contributed by atoms with E-state index in [0.717, 1.165) is 37.5 Å². The zero-order chi connectivity index (χ0) is 14.8. The van der Waals surface area contributed by atoms with Crippen LogP contribution in [0.1, 0.15) is 10.4 Å². The number of nitrogens with zero attached hydrogens (tertiary/aromatic N) is 2. The van der Waals surface area contributed by atoms with Crippen molar-refractivity contribution in [2.75, 3.05) is 31.1 Å². The summed E-state index contributed by atoms with van der Waals surface area (Å²) in [6.07, 6.45) is 0. The Balaban J connectivity index is 1.88. The maximum atomic E-state index is 14.1. The highest BCUT2D eigenvalue weighted by molar-refractivity contribution is 7.14. The number of rotatable bonds is 3. The molecule has 0 atom stereocenters. The summed E-state index contributed by atoms with van der Waals surface area (Å²) in [5, 5.41) is 12.4. The molecular weight excluding hydrogens is 293 g/mol. The van der Waals surface area contributed by atoms with Gasteiger partial charge >= 0.3 is 5.97 Å². The fraction of sp³-hybridized carbons (Fsp3) is 0.286. The van der Waals surface area contributed by atoms with Crippen LogP contribution in [-0.2, 0) is 0 Å². The van der Waals surface area contributed by atoms with Crippen molar-refractivity contribution in [3.8, 4) is 11.3 Å². The highest BCUT2D eigenvalue weighted by Crippen LogP contribution is 2.31. The number of carbonyl (C=O) groups is 1. The van der Waals surface area contributed by atoms with Crippen molar-refractivity contribution in [1.29, 1.82) is 0 Å². The summed E-state index contributed by atoms with van der Waals surface area (Å²) in [5.74, 6) is -0.998. The van der Waals surface area contributed by atoms with E-state index >= 15 is 0 Å². The van der Waals surface area contributed by atoms with Gasteiger partial charge in [-0.25, -0.2) is 9.78 Å². The maximum Gasteiger partial charge on any atom is 0.335 e. The van der Waals surface area contributed by atoms with Crippen LogP contribution >= 0.6 is 11.3 Å². The van der Waals surface area contributed by atoms with Gasteiger partial charge in [0.2, 0.25) is 5.13 Å². The van der Waals surface area contributed by atoms with Gasteiger partial charge in [-0.3, -0.25) is 0 Å². The number of aromatic nitrogens is 1. The van der Waals surface area contributed by atoms with Crippen molar-refractivity contribution < 1.29 is 14.3 Å². The summed E-state index contributed by atoms with van der Waals surface area (Å²) in [6, 6.07) is 6.09. The summed E-state index contributed by atoms with van der Waals surface area (Å²) in [5.41, 5.74) is 1.05. The van der Waals surface area contributed by atoms with Crippen LogP contribution in [0, 0.1) is 5.13 Å². The maximum absolute atomic E-state index is 14.1. The molecule has 0 spiro atoms. The Morgan fingerprint density at radius 1 is 1.29 bits per heavy atom. The molecule has 2 heterocycles. The van der Waals surface area contributed by atoms with Gasteiger partial charge in [0.1, 0.15) is 5.69 Å². The first-order valence-electron chi connectivity index (χ1n) is 6.61. The third kappa shape index (κ3) is 2.88. The lowest BCUT2D eigenvalue weighted by molar-refractivity contribution is 0.0697. The molecular formula is C14H14FN3O2S. The van der Waals surface area contributed by atoms with Gasteiger partial charge in [0.05, 0.1) is 5.56 Å². The van der Waals surface area contributed by atoms with Crippen molar-refractivity contribution >= 4 is 22.4 Å². The molecule has 1 aromatic heterocycles. The van der Waals surface area contributed by atoms with Gasteiger partial charge in [0.15, 0.2) is 5.13 Å². The van der Waals surface area contributed by atoms with Crippen LogP contribution < -0.4 is 10.2 Å². The van der Waals surface area contributed by atoms with Crippen LogP contribution in [0.5, 0.6) is 0 Å². The molecule has 1 aliphatic rings. The molecule has 0 unspecified atom stereocenters. The van der Waals surface area contributed by atoms with E-state index in [4.69, 9.17) is 5.11 Å². The summed E-state index contributed by atoms with van der Waals surface area (Å²) < 4.78 is 14.1. The normalized spacial score (nSPS) is 15.2. The number of piperazine rings is 1. The fourth-order valence-corrected chi connectivity index (χ4v) is 3.10. The lowest BCUT2D eigenvalue weighted by atomic mass is 10.1. The average Bonchev–Trinajstić information content (AvgIpc) is 2.90. The van der Waals surface area contributed by atoms with Gasteiger partial charge in [-0.15, -0.1) is 0 Å². The second-order valence-electron chi connectivity index (χ2n) is 4.74. The number of hydrogen-bond acceptors (Lipinski definition) is 5. The molecule has 21 heavy (non-hydrogen) atoms. The van der Waals surface area contributed by atoms with E-state index in [1.807, 2.05) is 0 Å². The molecule has 3 rings (SSSR count). The second kappa shape index (κ2) is 5.79. The number of carboxylic acid groups (broad SMARTS) is 1. The highest BCUT2D eigenvalue weighted by atomic mass is 32.1. The van der Waals surface area contributed by atoms with Gasteiger partial charge in [-0.1, -0.05) is 23.5 Å². The monoisotopic (exact) mass is 307 g/mol. The second-order valence-corrected chi connectivity index (χ2v) is 5.67. The minimum Gasteiger partial charge on any atom is -0.478 e. The van der Waals surface area contributed by atoms with E-state index in [0.29, 0.717) is 10.7 Å². The molecule has 2 aromatic rings. The smallest absolute Gasteiger partial charge is 0.335 e. The Bertz CT molecular complexity index is 651. The number of thiazole rings is 1. The quantitative estimate of drug-likeness (QED) is 0.908. The first-order chi connectivity index (χ1) is 10.1. The fourth-order valence-electron chi connectivity index (χ4n) is 2.23. The molecule has 7 heteroatoms. The van der Waals surface area contributed by atoms with Crippen LogP contribution in [0.15, 0.2) is 24.3 Å². The molecule has 2 N–H and O–H groups in total. The molecule has 0 aliphatic carbocycles. The van der Waals surface area contributed by atoms with Crippen molar-refractivity contribution in [3.63, 3.8) is 0 Å². The topological polar surface area (TPSA) is 65.5 Å². The number of hydrogen-bond donors (Lipinski definition) is 2. The van der Waals surface area contributed by atoms with Gasteiger partial charge in [-0.05, 0) is 12.1 Å². The van der Waals surface area contributed by atoms with Crippen LogP contribution in [0.25, 0.3) is 11.3 Å². The average molecular weight is 307 g/mol. The Kier molecular flexibility index (Phi) is 3.85. The SMILES string of the molecule is O=C(O)c1ccc(-c2nc(N3CCNCC3)sc2F)cc1. The first-order valence-corrected chi connectivity index (χ1v) is 7.42. The van der Waals surface area contributed by atoms with E-state index in [2.05, 4.69) is 15.2 Å². The van der Waals surface area contributed by atoms with Crippen molar-refractivity contribution in [2.45, 2.75) is 0 Å². The van der Waals surface area contributed by atoms with Gasteiger partial charge < -0.3 is 15.3 Å². The largest absolute Gasteiger partial charge is 0.478 e. The molecule has 0 bridgehead atoms. The molecule has 1 fully saturated rings. The Hall–Kier alpha value is -1.99. The lowest BCUT2D eigenvalue weighted by Gasteiger charge is -2.26. The van der Waals surface area contributed by atoms with E-state index in [-0.39, 0.29) is 16.4 Å².